The van der Waals surface area contributed by atoms with Gasteiger partial charge < -0.3 is 14.6 Å². The number of esters is 2. The highest BCUT2D eigenvalue weighted by Crippen LogP contribution is 2.43. The molecule has 1 N–H and O–H groups in total. The van der Waals surface area contributed by atoms with Crippen molar-refractivity contribution in [3.8, 4) is 0 Å². The molecule has 0 aromatic heterocycles. The second kappa shape index (κ2) is 8.18. The van der Waals surface area contributed by atoms with Crippen LogP contribution in [0.2, 0.25) is 0 Å². The summed E-state index contributed by atoms with van der Waals surface area (Å²) in [6.45, 7) is 3.01. The van der Waals surface area contributed by atoms with E-state index in [0.29, 0.717) is 0 Å². The molecule has 0 spiro atoms. The first-order valence-electron chi connectivity index (χ1n) is 6.34. The molecule has 0 bridgehead atoms. The van der Waals surface area contributed by atoms with Crippen LogP contribution in [0.4, 0.5) is 26.3 Å². The van der Waals surface area contributed by atoms with Crippen molar-refractivity contribution in [2.24, 2.45) is 0 Å². The third-order valence-corrected chi connectivity index (χ3v) is 2.63. The van der Waals surface area contributed by atoms with Crippen LogP contribution < -0.4 is 0 Å². The summed E-state index contributed by atoms with van der Waals surface area (Å²) in [7, 11) is 0. The van der Waals surface area contributed by atoms with Gasteiger partial charge >= 0.3 is 29.9 Å². The second-order valence-corrected chi connectivity index (χ2v) is 4.26. The molecule has 0 aromatic carbocycles. The van der Waals surface area contributed by atoms with Gasteiger partial charge in [0.1, 0.15) is 13.2 Å². The summed E-state index contributed by atoms with van der Waals surface area (Å²) in [4.78, 5) is 22.5. The van der Waals surface area contributed by atoms with Crippen molar-refractivity contribution in [2.45, 2.75) is 31.3 Å². The first kappa shape index (κ1) is 22.0. The Morgan fingerprint density at radius 1 is 1.04 bits per heavy atom. The van der Waals surface area contributed by atoms with Crippen LogP contribution in [0, 0.1) is 0 Å². The minimum Gasteiger partial charge on any atom is -0.459 e. The van der Waals surface area contributed by atoms with Gasteiger partial charge in [-0.2, -0.15) is 26.3 Å². The summed E-state index contributed by atoms with van der Waals surface area (Å²) < 4.78 is 82.4. The lowest BCUT2D eigenvalue weighted by Gasteiger charge is -2.29. The third-order valence-electron chi connectivity index (χ3n) is 2.63. The van der Waals surface area contributed by atoms with Gasteiger partial charge in [-0.1, -0.05) is 25.7 Å². The van der Waals surface area contributed by atoms with Crippen LogP contribution in [0.3, 0.4) is 0 Å². The first-order valence-corrected chi connectivity index (χ1v) is 6.34. The Morgan fingerprint density at radius 2 is 1.50 bits per heavy atom. The van der Waals surface area contributed by atoms with E-state index in [1.165, 1.54) is 12.2 Å². The zero-order valence-corrected chi connectivity index (χ0v) is 12.3. The van der Waals surface area contributed by atoms with Crippen LogP contribution in [0.5, 0.6) is 0 Å². The maximum atomic E-state index is 12.4. The van der Waals surface area contributed by atoms with Crippen molar-refractivity contribution in [1.82, 2.24) is 0 Å². The molecule has 0 unspecified atom stereocenters. The van der Waals surface area contributed by atoms with Gasteiger partial charge in [0.2, 0.25) is 0 Å². The van der Waals surface area contributed by atoms with Gasteiger partial charge in [-0.15, -0.1) is 0 Å². The van der Waals surface area contributed by atoms with Crippen LogP contribution in [0.15, 0.2) is 24.3 Å². The number of hydrogen-bond acceptors (Lipinski definition) is 5. The molecule has 0 aliphatic rings. The predicted molar refractivity (Wildman–Crippen MR) is 67.5 cm³/mol. The lowest BCUT2D eigenvalue weighted by Crippen LogP contribution is -2.63. The van der Waals surface area contributed by atoms with E-state index in [2.05, 4.69) is 16.1 Å². The Bertz CT molecular complexity index is 492. The lowest BCUT2D eigenvalue weighted by atomic mass is 10.0. The fourth-order valence-corrected chi connectivity index (χ4v) is 1.33. The van der Waals surface area contributed by atoms with Crippen LogP contribution in [0.1, 0.15) is 13.3 Å². The number of hydrogen-bond donors (Lipinski definition) is 1. The van der Waals surface area contributed by atoms with Gasteiger partial charge in [0.15, 0.2) is 0 Å². The summed E-state index contributed by atoms with van der Waals surface area (Å²) in [5.74, 6) is -3.87. The molecule has 0 amide bonds. The number of carbonyl (C=O) groups is 2. The molecule has 0 saturated heterocycles. The highest BCUT2D eigenvalue weighted by molar-refractivity contribution is 5.88. The fourth-order valence-electron chi connectivity index (χ4n) is 1.33. The summed E-state index contributed by atoms with van der Waals surface area (Å²) in [6, 6.07) is 0. The number of aliphatic hydroxyl groups is 1. The normalized spacial score (nSPS) is 13.4. The Kier molecular flexibility index (Phi) is 7.48. The van der Waals surface area contributed by atoms with E-state index in [1.807, 2.05) is 0 Å². The lowest BCUT2D eigenvalue weighted by molar-refractivity contribution is -0.357. The standard InChI is InChI=1S/C13H14F6O5/c1-3-5-8(4-2)9(20)23-6-7-24-10(21)11(22,12(14,15)16)13(17,18)19/h3,5,22H,1,4,6-7H2,2H3/b8-5+. The van der Waals surface area contributed by atoms with E-state index in [9.17, 15) is 35.9 Å². The summed E-state index contributed by atoms with van der Waals surface area (Å²) in [5.41, 5.74) is -5.53. The third kappa shape index (κ3) is 4.98. The van der Waals surface area contributed by atoms with Gasteiger partial charge in [0.25, 0.3) is 0 Å². The quantitative estimate of drug-likeness (QED) is 0.247. The van der Waals surface area contributed by atoms with Crippen molar-refractivity contribution in [3.05, 3.63) is 24.3 Å². The molecule has 0 aliphatic heterocycles. The van der Waals surface area contributed by atoms with Gasteiger partial charge in [0.05, 0.1) is 0 Å². The number of carbonyl (C=O) groups excluding carboxylic acids is 2. The molecule has 0 aromatic rings. The molecule has 0 heterocycles. The average Bonchev–Trinajstić information content (AvgIpc) is 2.45. The highest BCUT2D eigenvalue weighted by Gasteiger charge is 2.76. The molecule has 0 aliphatic carbocycles. The smallest absolute Gasteiger partial charge is 0.437 e. The maximum absolute atomic E-state index is 12.4. The average molecular weight is 364 g/mol. The molecule has 24 heavy (non-hydrogen) atoms. The minimum atomic E-state index is -6.33. The monoisotopic (exact) mass is 364 g/mol. The zero-order chi connectivity index (χ0) is 19.2. The molecular weight excluding hydrogens is 350 g/mol. The van der Waals surface area contributed by atoms with E-state index in [1.54, 1.807) is 6.92 Å². The van der Waals surface area contributed by atoms with Crippen LogP contribution >= 0.6 is 0 Å². The SMILES string of the molecule is C=C/C=C(\CC)C(=O)OCCOC(=O)C(O)(C(F)(F)F)C(F)(F)F. The minimum absolute atomic E-state index is 0.137. The topological polar surface area (TPSA) is 72.8 Å². The summed E-state index contributed by atoms with van der Waals surface area (Å²) in [5, 5.41) is 8.71. The number of alkyl halides is 6. The number of rotatable bonds is 7. The van der Waals surface area contributed by atoms with Crippen LogP contribution in [-0.4, -0.2) is 48.2 Å². The fraction of sp³-hybridized carbons (Fsp3) is 0.538. The Morgan fingerprint density at radius 3 is 1.88 bits per heavy atom. The number of ether oxygens (including phenoxy) is 2. The van der Waals surface area contributed by atoms with E-state index in [4.69, 9.17) is 5.11 Å². The molecule has 11 heteroatoms. The van der Waals surface area contributed by atoms with Gasteiger partial charge in [-0.3, -0.25) is 0 Å². The first-order chi connectivity index (χ1) is 10.8. The van der Waals surface area contributed by atoms with Gasteiger partial charge in [0, 0.05) is 5.57 Å². The Labute approximate surface area is 132 Å². The van der Waals surface area contributed by atoms with E-state index < -0.39 is 43.1 Å². The molecule has 0 atom stereocenters. The zero-order valence-electron chi connectivity index (χ0n) is 12.3. The van der Waals surface area contributed by atoms with E-state index in [-0.39, 0.29) is 12.0 Å². The van der Waals surface area contributed by atoms with Crippen molar-refractivity contribution >= 4 is 11.9 Å². The molecular formula is C13H14F6O5. The van der Waals surface area contributed by atoms with Crippen molar-refractivity contribution in [3.63, 3.8) is 0 Å². The summed E-state index contributed by atoms with van der Waals surface area (Å²) in [6.07, 6.45) is -9.87. The Balaban J connectivity index is 4.77. The number of halogens is 6. The Hall–Kier alpha value is -2.04. The molecule has 0 radical (unpaired) electrons. The molecule has 5 nitrogen and oxygen atoms in total. The summed E-state index contributed by atoms with van der Waals surface area (Å²) >= 11 is 0. The number of allylic oxidation sites excluding steroid dienone is 2. The van der Waals surface area contributed by atoms with E-state index in [0.717, 1.165) is 0 Å². The van der Waals surface area contributed by atoms with Crippen LogP contribution in [-0.2, 0) is 19.1 Å². The van der Waals surface area contributed by atoms with Crippen LogP contribution in [0.25, 0.3) is 0 Å². The maximum Gasteiger partial charge on any atom is 0.437 e. The van der Waals surface area contributed by atoms with Gasteiger partial charge in [-0.25, -0.2) is 9.59 Å². The second-order valence-electron chi connectivity index (χ2n) is 4.26. The van der Waals surface area contributed by atoms with Gasteiger partial charge in [-0.05, 0) is 6.42 Å². The largest absolute Gasteiger partial charge is 0.459 e. The highest BCUT2D eigenvalue weighted by atomic mass is 19.4. The molecule has 0 saturated carbocycles. The molecule has 0 rings (SSSR count). The predicted octanol–water partition coefficient (Wildman–Crippen LogP) is 2.45. The van der Waals surface area contributed by atoms with Crippen molar-refractivity contribution in [1.29, 1.82) is 0 Å². The van der Waals surface area contributed by atoms with Crippen molar-refractivity contribution < 1.29 is 50.5 Å². The van der Waals surface area contributed by atoms with E-state index >= 15 is 0 Å². The van der Waals surface area contributed by atoms with Crippen molar-refractivity contribution in [2.75, 3.05) is 13.2 Å². The molecule has 0 fully saturated rings. The molecule has 138 valence electrons.